The number of aryl methyl sites for hydroxylation is 2. The van der Waals surface area contributed by atoms with Crippen LogP contribution >= 0.6 is 0 Å². The maximum absolute atomic E-state index is 12.3. The maximum atomic E-state index is 12.3. The van der Waals surface area contributed by atoms with Crippen LogP contribution in [0, 0.1) is 13.8 Å². The van der Waals surface area contributed by atoms with Crippen LogP contribution in [0.15, 0.2) is 51.8 Å². The van der Waals surface area contributed by atoms with Crippen molar-refractivity contribution in [2.75, 3.05) is 31.1 Å². The lowest BCUT2D eigenvalue weighted by molar-refractivity contribution is 0.385. The number of nitrogens with zero attached hydrogens (tertiary/aromatic N) is 7. The molecule has 1 fully saturated rings. The van der Waals surface area contributed by atoms with Crippen molar-refractivity contribution in [1.29, 1.82) is 0 Å². The molecule has 2 aliphatic heterocycles. The molecular weight excluding hydrogens is 402 g/mol. The van der Waals surface area contributed by atoms with E-state index >= 15 is 0 Å². The van der Waals surface area contributed by atoms with Crippen LogP contribution in [-0.2, 0) is 10.0 Å². The standard InChI is InChI=1S/C20H21N7O2S/c1-14-13-15(2)27(23-14)19-8-7-18(21-22-19)25-9-11-26(12-10-25)20-16-5-3-4-6-17(16)30(28,29)24-20/h3-8,13H,9-12H2,1-2H3. The summed E-state index contributed by atoms with van der Waals surface area (Å²) in [6, 6.07) is 12.8. The van der Waals surface area contributed by atoms with E-state index in [0.717, 1.165) is 17.2 Å². The SMILES string of the molecule is Cc1cc(C)n(-c2ccc(N3CCN(C4=NS(=O)(=O)c5ccccc54)CC3)nn2)n1. The smallest absolute Gasteiger partial charge is 0.285 e. The zero-order chi connectivity index (χ0) is 20.9. The molecular formula is C20H21N7O2S. The van der Waals surface area contributed by atoms with E-state index < -0.39 is 10.0 Å². The Morgan fingerprint density at radius 1 is 0.867 bits per heavy atom. The number of piperazine rings is 1. The molecule has 0 spiro atoms. The highest BCUT2D eigenvalue weighted by Gasteiger charge is 2.33. The number of hydrogen-bond acceptors (Lipinski definition) is 7. The minimum atomic E-state index is -3.60. The molecule has 0 aliphatic carbocycles. The molecule has 10 heteroatoms. The molecule has 1 aromatic carbocycles. The van der Waals surface area contributed by atoms with Crippen molar-refractivity contribution in [3.8, 4) is 5.82 Å². The second kappa shape index (κ2) is 6.91. The van der Waals surface area contributed by atoms with Crippen LogP contribution in [0.5, 0.6) is 0 Å². The fraction of sp³-hybridized carbons (Fsp3) is 0.300. The second-order valence-electron chi connectivity index (χ2n) is 7.45. The summed E-state index contributed by atoms with van der Waals surface area (Å²) < 4.78 is 30.4. The van der Waals surface area contributed by atoms with Crippen LogP contribution in [-0.4, -0.2) is 65.3 Å². The third-order valence-electron chi connectivity index (χ3n) is 5.38. The molecule has 5 rings (SSSR count). The van der Waals surface area contributed by atoms with Gasteiger partial charge in [0.15, 0.2) is 17.5 Å². The van der Waals surface area contributed by atoms with Crippen molar-refractivity contribution in [3.63, 3.8) is 0 Å². The number of fused-ring (bicyclic) bond motifs is 1. The van der Waals surface area contributed by atoms with Gasteiger partial charge >= 0.3 is 0 Å². The van der Waals surface area contributed by atoms with Gasteiger partial charge < -0.3 is 9.80 Å². The largest absolute Gasteiger partial charge is 0.352 e. The van der Waals surface area contributed by atoms with E-state index in [0.29, 0.717) is 43.4 Å². The highest BCUT2D eigenvalue weighted by Crippen LogP contribution is 2.28. The van der Waals surface area contributed by atoms with Gasteiger partial charge in [-0.15, -0.1) is 14.6 Å². The number of amidine groups is 1. The fourth-order valence-electron chi connectivity index (χ4n) is 3.92. The summed E-state index contributed by atoms with van der Waals surface area (Å²) in [5.74, 6) is 2.02. The molecule has 0 amide bonds. The summed E-state index contributed by atoms with van der Waals surface area (Å²) in [4.78, 5) is 4.45. The normalized spacial score (nSPS) is 17.7. The van der Waals surface area contributed by atoms with E-state index in [9.17, 15) is 8.42 Å². The summed E-state index contributed by atoms with van der Waals surface area (Å²) in [5.41, 5.74) is 2.63. The van der Waals surface area contributed by atoms with E-state index in [1.807, 2.05) is 49.1 Å². The Morgan fingerprint density at radius 2 is 1.53 bits per heavy atom. The maximum Gasteiger partial charge on any atom is 0.285 e. The van der Waals surface area contributed by atoms with Crippen molar-refractivity contribution >= 4 is 21.7 Å². The molecule has 0 saturated carbocycles. The topological polar surface area (TPSA) is 96.6 Å². The molecule has 9 nitrogen and oxygen atoms in total. The molecule has 154 valence electrons. The third-order valence-corrected chi connectivity index (χ3v) is 6.70. The fourth-order valence-corrected chi connectivity index (χ4v) is 5.15. The lowest BCUT2D eigenvalue weighted by atomic mass is 10.1. The number of sulfonamides is 1. The van der Waals surface area contributed by atoms with Crippen LogP contribution < -0.4 is 4.90 Å². The van der Waals surface area contributed by atoms with Gasteiger partial charge in [0, 0.05) is 37.4 Å². The molecule has 2 aliphatic rings. The third kappa shape index (κ3) is 3.13. The minimum Gasteiger partial charge on any atom is -0.352 e. The first-order chi connectivity index (χ1) is 14.4. The predicted octanol–water partition coefficient (Wildman–Crippen LogP) is 1.55. The summed E-state index contributed by atoms with van der Waals surface area (Å²) in [6.45, 7) is 6.65. The van der Waals surface area contributed by atoms with Crippen LogP contribution in [0.25, 0.3) is 5.82 Å². The van der Waals surface area contributed by atoms with Gasteiger partial charge in [-0.25, -0.2) is 4.68 Å². The summed E-state index contributed by atoms with van der Waals surface area (Å²) >= 11 is 0. The summed E-state index contributed by atoms with van der Waals surface area (Å²) in [6.07, 6.45) is 0. The van der Waals surface area contributed by atoms with Gasteiger partial charge in [0.25, 0.3) is 10.0 Å². The molecule has 0 N–H and O–H groups in total. The van der Waals surface area contributed by atoms with Crippen LogP contribution in [0.2, 0.25) is 0 Å². The average Bonchev–Trinajstić information content (AvgIpc) is 3.24. The van der Waals surface area contributed by atoms with Gasteiger partial charge in [0.2, 0.25) is 0 Å². The number of benzene rings is 1. The lowest BCUT2D eigenvalue weighted by Crippen LogP contribution is -2.49. The molecule has 30 heavy (non-hydrogen) atoms. The molecule has 0 radical (unpaired) electrons. The quantitative estimate of drug-likeness (QED) is 0.617. The Morgan fingerprint density at radius 3 is 2.20 bits per heavy atom. The molecule has 2 aromatic heterocycles. The van der Waals surface area contributed by atoms with Gasteiger partial charge in [-0.05, 0) is 44.2 Å². The molecule has 4 heterocycles. The molecule has 0 unspecified atom stereocenters. The van der Waals surface area contributed by atoms with Crippen LogP contribution in [0.4, 0.5) is 5.82 Å². The van der Waals surface area contributed by atoms with E-state index in [2.05, 4.69) is 24.6 Å². The van der Waals surface area contributed by atoms with Gasteiger partial charge in [0.1, 0.15) is 4.90 Å². The number of anilines is 1. The lowest BCUT2D eigenvalue weighted by Gasteiger charge is -2.36. The van der Waals surface area contributed by atoms with E-state index in [1.54, 1.807) is 16.8 Å². The van der Waals surface area contributed by atoms with E-state index in [-0.39, 0.29) is 4.90 Å². The summed E-state index contributed by atoms with van der Waals surface area (Å²) in [5, 5.41) is 13.2. The monoisotopic (exact) mass is 423 g/mol. The zero-order valence-corrected chi connectivity index (χ0v) is 17.5. The average molecular weight is 424 g/mol. The predicted molar refractivity (Wildman–Crippen MR) is 113 cm³/mol. The Hall–Kier alpha value is -3.27. The molecule has 0 atom stereocenters. The van der Waals surface area contributed by atoms with E-state index in [1.165, 1.54) is 0 Å². The Labute approximate surface area is 174 Å². The van der Waals surface area contributed by atoms with Gasteiger partial charge in [-0.2, -0.15) is 13.5 Å². The highest BCUT2D eigenvalue weighted by atomic mass is 32.2. The van der Waals surface area contributed by atoms with Gasteiger partial charge in [-0.3, -0.25) is 0 Å². The number of hydrogen-bond donors (Lipinski definition) is 0. The van der Waals surface area contributed by atoms with Crippen molar-refractivity contribution in [1.82, 2.24) is 24.9 Å². The zero-order valence-electron chi connectivity index (χ0n) is 16.7. The number of aromatic nitrogens is 4. The Balaban J connectivity index is 1.31. The first-order valence-electron chi connectivity index (χ1n) is 9.74. The van der Waals surface area contributed by atoms with Crippen molar-refractivity contribution < 1.29 is 8.42 Å². The van der Waals surface area contributed by atoms with Crippen LogP contribution in [0.3, 0.4) is 0 Å². The van der Waals surface area contributed by atoms with Crippen molar-refractivity contribution in [2.45, 2.75) is 18.7 Å². The highest BCUT2D eigenvalue weighted by molar-refractivity contribution is 7.90. The first kappa shape index (κ1) is 18.7. The molecule has 1 saturated heterocycles. The van der Waals surface area contributed by atoms with Gasteiger partial charge in [-0.1, -0.05) is 12.1 Å². The molecule has 0 bridgehead atoms. The molecule has 3 aromatic rings. The van der Waals surface area contributed by atoms with E-state index in [4.69, 9.17) is 0 Å². The van der Waals surface area contributed by atoms with Crippen molar-refractivity contribution in [2.24, 2.45) is 4.40 Å². The van der Waals surface area contributed by atoms with Crippen LogP contribution in [0.1, 0.15) is 17.0 Å². The van der Waals surface area contributed by atoms with Crippen molar-refractivity contribution in [3.05, 3.63) is 59.4 Å². The Kier molecular flexibility index (Phi) is 4.31. The minimum absolute atomic E-state index is 0.285. The second-order valence-corrected chi connectivity index (χ2v) is 9.02. The Bertz CT molecular complexity index is 1240. The van der Waals surface area contributed by atoms with Gasteiger partial charge in [0.05, 0.1) is 5.69 Å². The number of rotatable bonds is 2. The summed E-state index contributed by atoms with van der Waals surface area (Å²) in [7, 11) is -3.60. The first-order valence-corrected chi connectivity index (χ1v) is 11.2.